The maximum absolute atomic E-state index is 13.0. The van der Waals surface area contributed by atoms with Gasteiger partial charge in [-0.15, -0.1) is 0 Å². The van der Waals surface area contributed by atoms with E-state index in [1.54, 1.807) is 11.1 Å². The average molecular weight is 447 g/mol. The van der Waals surface area contributed by atoms with Crippen LogP contribution in [-0.4, -0.2) is 45.6 Å². The van der Waals surface area contributed by atoms with Crippen LogP contribution in [0.4, 0.5) is 10.5 Å². The number of anilines is 1. The fraction of sp³-hybridized carbons (Fsp3) is 0.360. The van der Waals surface area contributed by atoms with Gasteiger partial charge in [-0.25, -0.2) is 20.7 Å². The molecule has 2 fully saturated rings. The highest BCUT2D eigenvalue weighted by molar-refractivity contribution is 5.94. The SMILES string of the molecule is Cc1cc(C)cc(NC(=O)CN2NC3C4CC(c5ccc(C)c(C)c5)NN4C=CN3C2=O)c1. The zero-order chi connectivity index (χ0) is 23.3. The summed E-state index contributed by atoms with van der Waals surface area (Å²) in [6.45, 7) is 8.16. The van der Waals surface area contributed by atoms with Crippen molar-refractivity contribution in [3.8, 4) is 0 Å². The van der Waals surface area contributed by atoms with E-state index in [4.69, 9.17) is 0 Å². The Balaban J connectivity index is 1.26. The number of aryl methyl sites for hydroxylation is 4. The minimum absolute atomic E-state index is 0.0537. The first-order valence-corrected chi connectivity index (χ1v) is 11.3. The highest BCUT2D eigenvalue weighted by atomic mass is 16.2. The number of carbonyl (C=O) groups is 2. The van der Waals surface area contributed by atoms with Gasteiger partial charge >= 0.3 is 6.03 Å². The molecule has 0 aliphatic carbocycles. The molecule has 8 heteroatoms. The molecule has 172 valence electrons. The van der Waals surface area contributed by atoms with Crippen molar-refractivity contribution in [1.29, 1.82) is 0 Å². The number of hydrogen-bond acceptors (Lipinski definition) is 5. The van der Waals surface area contributed by atoms with Gasteiger partial charge in [0.25, 0.3) is 0 Å². The molecular weight excluding hydrogens is 416 g/mol. The second-order valence-corrected chi connectivity index (χ2v) is 9.31. The monoisotopic (exact) mass is 446 g/mol. The number of carbonyl (C=O) groups excluding carboxylic acids is 2. The Hall–Kier alpha value is -3.36. The van der Waals surface area contributed by atoms with Gasteiger partial charge in [0.05, 0.1) is 12.1 Å². The van der Waals surface area contributed by atoms with Crippen LogP contribution in [0.2, 0.25) is 0 Å². The van der Waals surface area contributed by atoms with Crippen molar-refractivity contribution >= 4 is 17.6 Å². The summed E-state index contributed by atoms with van der Waals surface area (Å²) < 4.78 is 0. The third-order valence-electron chi connectivity index (χ3n) is 6.67. The minimum Gasteiger partial charge on any atom is -0.324 e. The van der Waals surface area contributed by atoms with Crippen LogP contribution in [0, 0.1) is 27.7 Å². The van der Waals surface area contributed by atoms with Crippen molar-refractivity contribution in [2.24, 2.45) is 0 Å². The summed E-state index contributed by atoms with van der Waals surface area (Å²) in [6.07, 6.45) is 4.28. The second-order valence-electron chi connectivity index (χ2n) is 9.31. The van der Waals surface area contributed by atoms with E-state index in [1.807, 2.05) is 32.2 Å². The molecule has 3 atom stereocenters. The molecule has 0 saturated carbocycles. The van der Waals surface area contributed by atoms with Gasteiger partial charge in [-0.2, -0.15) is 0 Å². The Labute approximate surface area is 194 Å². The van der Waals surface area contributed by atoms with Crippen molar-refractivity contribution in [3.63, 3.8) is 0 Å². The van der Waals surface area contributed by atoms with E-state index in [1.165, 1.54) is 21.7 Å². The molecule has 0 bridgehead atoms. The van der Waals surface area contributed by atoms with E-state index < -0.39 is 0 Å². The summed E-state index contributed by atoms with van der Waals surface area (Å²) in [5.41, 5.74) is 13.5. The molecule has 2 aromatic carbocycles. The molecule has 3 amide bonds. The quantitative estimate of drug-likeness (QED) is 0.672. The number of nitrogens with one attached hydrogen (secondary N) is 3. The molecule has 33 heavy (non-hydrogen) atoms. The Morgan fingerprint density at radius 2 is 1.76 bits per heavy atom. The molecule has 5 rings (SSSR count). The van der Waals surface area contributed by atoms with Gasteiger partial charge in [-0.1, -0.05) is 24.3 Å². The summed E-state index contributed by atoms with van der Waals surface area (Å²) in [5.74, 6) is -0.237. The lowest BCUT2D eigenvalue weighted by Crippen LogP contribution is -2.54. The number of hydrazine groups is 2. The average Bonchev–Trinajstić information content (AvgIpc) is 3.31. The number of nitrogens with zero attached hydrogens (tertiary/aromatic N) is 3. The number of urea groups is 1. The second kappa shape index (κ2) is 8.20. The first kappa shape index (κ1) is 21.5. The Bertz CT molecular complexity index is 1130. The number of benzene rings is 2. The van der Waals surface area contributed by atoms with Gasteiger partial charge < -0.3 is 10.3 Å². The normalized spacial score (nSPS) is 23.7. The summed E-state index contributed by atoms with van der Waals surface area (Å²) in [7, 11) is 0. The van der Waals surface area contributed by atoms with Crippen molar-refractivity contribution in [2.45, 2.75) is 52.4 Å². The van der Waals surface area contributed by atoms with Gasteiger partial charge in [0.1, 0.15) is 12.7 Å². The molecule has 3 aliphatic rings. The molecule has 8 nitrogen and oxygen atoms in total. The maximum atomic E-state index is 13.0. The predicted octanol–water partition coefficient (Wildman–Crippen LogP) is 3.23. The minimum atomic E-state index is -0.237. The van der Waals surface area contributed by atoms with Crippen molar-refractivity contribution in [3.05, 3.63) is 76.6 Å². The lowest BCUT2D eigenvalue weighted by atomic mass is 9.97. The van der Waals surface area contributed by atoms with Gasteiger partial charge in [0.2, 0.25) is 5.91 Å². The largest absolute Gasteiger partial charge is 0.340 e. The highest BCUT2D eigenvalue weighted by Gasteiger charge is 2.48. The molecule has 0 aromatic heterocycles. The maximum Gasteiger partial charge on any atom is 0.340 e. The van der Waals surface area contributed by atoms with Crippen LogP contribution in [0.5, 0.6) is 0 Å². The third-order valence-corrected chi connectivity index (χ3v) is 6.67. The summed E-state index contributed by atoms with van der Waals surface area (Å²) >= 11 is 0. The number of fused-ring (bicyclic) bond motifs is 3. The Morgan fingerprint density at radius 1 is 1.00 bits per heavy atom. The summed E-state index contributed by atoms with van der Waals surface area (Å²) in [5, 5.41) is 6.38. The third kappa shape index (κ3) is 4.07. The zero-order valence-corrected chi connectivity index (χ0v) is 19.4. The lowest BCUT2D eigenvalue weighted by molar-refractivity contribution is -0.117. The van der Waals surface area contributed by atoms with Crippen LogP contribution in [-0.2, 0) is 4.79 Å². The van der Waals surface area contributed by atoms with Gasteiger partial charge in [0.15, 0.2) is 0 Å². The first-order valence-electron chi connectivity index (χ1n) is 11.3. The Kier molecular flexibility index (Phi) is 5.34. The summed E-state index contributed by atoms with van der Waals surface area (Å²) in [6, 6.07) is 12.4. The molecule has 0 radical (unpaired) electrons. The molecule has 3 N–H and O–H groups in total. The number of hydrogen-bond donors (Lipinski definition) is 3. The topological polar surface area (TPSA) is 80.0 Å². The van der Waals surface area contributed by atoms with Crippen LogP contribution in [0.15, 0.2) is 48.8 Å². The number of amides is 3. The highest BCUT2D eigenvalue weighted by Crippen LogP contribution is 2.35. The van der Waals surface area contributed by atoms with Crippen LogP contribution < -0.4 is 16.2 Å². The summed E-state index contributed by atoms with van der Waals surface area (Å²) in [4.78, 5) is 27.3. The zero-order valence-electron chi connectivity index (χ0n) is 19.4. The molecule has 0 spiro atoms. The molecule has 3 aliphatic heterocycles. The van der Waals surface area contributed by atoms with Gasteiger partial charge in [-0.3, -0.25) is 9.69 Å². The number of rotatable bonds is 4. The van der Waals surface area contributed by atoms with E-state index in [0.717, 1.165) is 23.2 Å². The Morgan fingerprint density at radius 3 is 2.48 bits per heavy atom. The molecule has 2 aromatic rings. The fourth-order valence-corrected chi connectivity index (χ4v) is 4.92. The van der Waals surface area contributed by atoms with E-state index in [2.05, 4.69) is 59.3 Å². The van der Waals surface area contributed by atoms with Crippen LogP contribution >= 0.6 is 0 Å². The molecule has 3 heterocycles. The van der Waals surface area contributed by atoms with E-state index in [9.17, 15) is 9.59 Å². The van der Waals surface area contributed by atoms with Crippen LogP contribution in [0.1, 0.15) is 40.3 Å². The standard InChI is InChI=1S/C25H30N6O2/c1-15-9-16(2)11-20(10-15)26-23(32)14-31-25(33)29-7-8-30-22(24(29)28-31)13-21(27-30)19-6-5-17(3)18(4)12-19/h5-12,21-22,24,27-28H,13-14H2,1-4H3,(H,26,32). The van der Waals surface area contributed by atoms with Gasteiger partial charge in [-0.05, 0) is 74.1 Å². The van der Waals surface area contributed by atoms with Crippen molar-refractivity contribution in [1.82, 2.24) is 25.8 Å². The van der Waals surface area contributed by atoms with Crippen LogP contribution in [0.25, 0.3) is 0 Å². The van der Waals surface area contributed by atoms with Crippen molar-refractivity contribution < 1.29 is 9.59 Å². The smallest absolute Gasteiger partial charge is 0.324 e. The molecule has 2 saturated heterocycles. The predicted molar refractivity (Wildman–Crippen MR) is 127 cm³/mol. The first-order chi connectivity index (χ1) is 15.8. The van der Waals surface area contributed by atoms with E-state index in [0.29, 0.717) is 0 Å². The van der Waals surface area contributed by atoms with Crippen LogP contribution in [0.3, 0.4) is 0 Å². The van der Waals surface area contributed by atoms with E-state index >= 15 is 0 Å². The fourth-order valence-electron chi connectivity index (χ4n) is 4.92. The molecule has 3 unspecified atom stereocenters. The van der Waals surface area contributed by atoms with E-state index in [-0.39, 0.29) is 36.7 Å². The molecular formula is C25H30N6O2. The van der Waals surface area contributed by atoms with Gasteiger partial charge in [0, 0.05) is 18.1 Å². The van der Waals surface area contributed by atoms with Crippen molar-refractivity contribution in [2.75, 3.05) is 11.9 Å². The lowest BCUT2D eigenvalue weighted by Gasteiger charge is -2.34.